The van der Waals surface area contributed by atoms with Crippen molar-refractivity contribution in [2.45, 2.75) is 25.8 Å². The average Bonchev–Trinajstić information content (AvgIpc) is 2.99. The number of hydrogen-bond donors (Lipinski definition) is 1. The lowest BCUT2D eigenvalue weighted by atomic mass is 9.85. The maximum atomic E-state index is 12.9. The summed E-state index contributed by atoms with van der Waals surface area (Å²) in [5, 5.41) is 2.91. The molecule has 0 radical (unpaired) electrons. The van der Waals surface area contributed by atoms with Crippen molar-refractivity contribution in [1.29, 1.82) is 0 Å². The number of amides is 3. The lowest BCUT2D eigenvalue weighted by Crippen LogP contribution is -2.46. The Bertz CT molecular complexity index is 925. The van der Waals surface area contributed by atoms with E-state index in [2.05, 4.69) is 5.32 Å². The predicted octanol–water partition coefficient (Wildman–Crippen LogP) is 3.63. The maximum Gasteiger partial charge on any atom is 0.247 e. The average molecular weight is 374 g/mol. The van der Waals surface area contributed by atoms with Crippen LogP contribution in [0.4, 0.5) is 5.69 Å². The highest BCUT2D eigenvalue weighted by Gasteiger charge is 2.50. The molecule has 1 fully saturated rings. The highest BCUT2D eigenvalue weighted by Crippen LogP contribution is 2.36. The first-order chi connectivity index (χ1) is 13.6. The summed E-state index contributed by atoms with van der Waals surface area (Å²) in [5.41, 5.74) is 2.53. The maximum absolute atomic E-state index is 12.9. The fourth-order valence-electron chi connectivity index (χ4n) is 4.02. The Labute approximate surface area is 164 Å². The van der Waals surface area contributed by atoms with E-state index in [1.54, 1.807) is 6.92 Å². The van der Waals surface area contributed by atoms with E-state index in [-0.39, 0.29) is 29.6 Å². The van der Waals surface area contributed by atoms with Crippen LogP contribution in [-0.4, -0.2) is 28.7 Å². The number of benzene rings is 2. The minimum atomic E-state index is -0.852. The number of nitrogens with one attached hydrogen (secondary N) is 1. The van der Waals surface area contributed by atoms with E-state index in [0.29, 0.717) is 18.5 Å². The van der Waals surface area contributed by atoms with E-state index in [0.717, 1.165) is 16.0 Å². The molecule has 5 heteroatoms. The Kier molecular flexibility index (Phi) is 4.82. The Hall–Kier alpha value is -3.21. The predicted molar refractivity (Wildman–Crippen MR) is 107 cm³/mol. The first-order valence-corrected chi connectivity index (χ1v) is 9.55. The second kappa shape index (κ2) is 7.43. The second-order valence-corrected chi connectivity index (χ2v) is 7.28. The number of fused-ring (bicyclic) bond motifs is 1. The molecule has 0 bridgehead atoms. The molecule has 5 nitrogen and oxygen atoms in total. The number of carbonyl (C=O) groups excluding carboxylic acids is 3. The Morgan fingerprint density at radius 3 is 2.14 bits per heavy atom. The van der Waals surface area contributed by atoms with Crippen LogP contribution in [0.2, 0.25) is 0 Å². The van der Waals surface area contributed by atoms with E-state index >= 15 is 0 Å². The van der Waals surface area contributed by atoms with Gasteiger partial charge in [-0.25, -0.2) is 0 Å². The first kappa shape index (κ1) is 18.2. The van der Waals surface area contributed by atoms with Crippen LogP contribution in [0.25, 0.3) is 11.1 Å². The summed E-state index contributed by atoms with van der Waals surface area (Å²) >= 11 is 0. The van der Waals surface area contributed by atoms with Gasteiger partial charge in [0.1, 0.15) is 6.04 Å². The quantitative estimate of drug-likeness (QED) is 0.656. The lowest BCUT2D eigenvalue weighted by Gasteiger charge is -2.23. The number of likely N-dealkylation sites (tertiary alicyclic amines) is 1. The zero-order valence-electron chi connectivity index (χ0n) is 15.7. The molecule has 1 heterocycles. The smallest absolute Gasteiger partial charge is 0.247 e. The van der Waals surface area contributed by atoms with E-state index in [1.807, 2.05) is 66.7 Å². The number of hydrogen-bond acceptors (Lipinski definition) is 3. The van der Waals surface area contributed by atoms with Crippen molar-refractivity contribution >= 4 is 23.4 Å². The number of allylic oxidation sites excluding steroid dienone is 2. The molecule has 1 aliphatic carbocycles. The molecule has 0 aromatic heterocycles. The number of anilines is 1. The third-order valence-electron chi connectivity index (χ3n) is 5.58. The lowest BCUT2D eigenvalue weighted by molar-refractivity contribution is -0.146. The zero-order chi connectivity index (χ0) is 19.7. The van der Waals surface area contributed by atoms with E-state index in [1.165, 1.54) is 0 Å². The van der Waals surface area contributed by atoms with Crippen LogP contribution in [0.1, 0.15) is 19.8 Å². The number of nitrogens with zero attached hydrogens (tertiary/aromatic N) is 1. The molecule has 2 aromatic rings. The third kappa shape index (κ3) is 3.13. The topological polar surface area (TPSA) is 66.5 Å². The molecule has 1 N–H and O–H groups in total. The van der Waals surface area contributed by atoms with Crippen LogP contribution >= 0.6 is 0 Å². The van der Waals surface area contributed by atoms with Gasteiger partial charge in [0.2, 0.25) is 17.7 Å². The number of para-hydroxylation sites is 1. The summed E-state index contributed by atoms with van der Waals surface area (Å²) in [5.74, 6) is -1.50. The fourth-order valence-corrected chi connectivity index (χ4v) is 4.02. The summed E-state index contributed by atoms with van der Waals surface area (Å²) in [7, 11) is 0. The van der Waals surface area contributed by atoms with Crippen molar-refractivity contribution in [2.24, 2.45) is 11.8 Å². The van der Waals surface area contributed by atoms with Crippen molar-refractivity contribution in [3.05, 3.63) is 66.7 Å². The summed E-state index contributed by atoms with van der Waals surface area (Å²) < 4.78 is 0. The second-order valence-electron chi connectivity index (χ2n) is 7.28. The summed E-state index contributed by atoms with van der Waals surface area (Å²) in [6.45, 7) is 1.61. The normalized spacial score (nSPS) is 22.1. The van der Waals surface area contributed by atoms with Crippen LogP contribution in [0.5, 0.6) is 0 Å². The van der Waals surface area contributed by atoms with Crippen molar-refractivity contribution in [2.75, 3.05) is 5.32 Å². The molecule has 0 unspecified atom stereocenters. The van der Waals surface area contributed by atoms with Gasteiger partial charge in [-0.3, -0.25) is 19.3 Å². The highest BCUT2D eigenvalue weighted by molar-refractivity contribution is 6.10. The fraction of sp³-hybridized carbons (Fsp3) is 0.261. The molecule has 2 aliphatic rings. The SMILES string of the molecule is C[C@H](C(=O)Nc1ccccc1-c1ccccc1)N1C(=O)[C@H]2CC=CC[C@@H]2C1=O. The minimum absolute atomic E-state index is 0.238. The molecule has 142 valence electrons. The van der Waals surface area contributed by atoms with Gasteiger partial charge < -0.3 is 5.32 Å². The minimum Gasteiger partial charge on any atom is -0.324 e. The van der Waals surface area contributed by atoms with Crippen LogP contribution in [-0.2, 0) is 14.4 Å². The Morgan fingerprint density at radius 2 is 1.50 bits per heavy atom. The largest absolute Gasteiger partial charge is 0.324 e. The van der Waals surface area contributed by atoms with Gasteiger partial charge in [0.05, 0.1) is 11.8 Å². The van der Waals surface area contributed by atoms with Crippen LogP contribution < -0.4 is 5.32 Å². The van der Waals surface area contributed by atoms with E-state index < -0.39 is 6.04 Å². The van der Waals surface area contributed by atoms with Gasteiger partial charge >= 0.3 is 0 Å². The van der Waals surface area contributed by atoms with Gasteiger partial charge in [0, 0.05) is 11.3 Å². The molecule has 3 amide bonds. The van der Waals surface area contributed by atoms with Crippen molar-refractivity contribution in [3.63, 3.8) is 0 Å². The summed E-state index contributed by atoms with van der Waals surface area (Å²) in [4.78, 5) is 39.5. The zero-order valence-corrected chi connectivity index (χ0v) is 15.7. The van der Waals surface area contributed by atoms with Crippen LogP contribution in [0, 0.1) is 11.8 Å². The molecule has 3 atom stereocenters. The van der Waals surface area contributed by atoms with Crippen molar-refractivity contribution < 1.29 is 14.4 Å². The van der Waals surface area contributed by atoms with E-state index in [9.17, 15) is 14.4 Å². The standard InChI is InChI=1S/C23H22N2O3/c1-15(25-22(27)18-12-5-6-13-19(18)23(25)28)21(26)24-20-14-8-7-11-17(20)16-9-3-2-4-10-16/h2-11,14-15,18-19H,12-13H2,1H3,(H,24,26)/t15-,18+,19+/m1/s1. The molecule has 0 saturated carbocycles. The van der Waals surface area contributed by atoms with E-state index in [4.69, 9.17) is 0 Å². The molecule has 1 aliphatic heterocycles. The molecule has 28 heavy (non-hydrogen) atoms. The van der Waals surface area contributed by atoms with Crippen LogP contribution in [0.15, 0.2) is 66.7 Å². The van der Waals surface area contributed by atoms with Gasteiger partial charge in [-0.15, -0.1) is 0 Å². The molecule has 1 saturated heterocycles. The molecular formula is C23H22N2O3. The van der Waals surface area contributed by atoms with Gasteiger partial charge in [-0.05, 0) is 31.4 Å². The number of carbonyl (C=O) groups is 3. The molecule has 2 aromatic carbocycles. The third-order valence-corrected chi connectivity index (χ3v) is 5.58. The van der Waals surface area contributed by atoms with Gasteiger partial charge in [-0.1, -0.05) is 60.7 Å². The van der Waals surface area contributed by atoms with Gasteiger partial charge in [0.25, 0.3) is 0 Å². The van der Waals surface area contributed by atoms with Gasteiger partial charge in [-0.2, -0.15) is 0 Å². The molecule has 0 spiro atoms. The first-order valence-electron chi connectivity index (χ1n) is 9.55. The molecular weight excluding hydrogens is 352 g/mol. The number of rotatable bonds is 4. The van der Waals surface area contributed by atoms with Crippen LogP contribution in [0.3, 0.4) is 0 Å². The summed E-state index contributed by atoms with van der Waals surface area (Å²) in [6, 6.07) is 16.4. The monoisotopic (exact) mass is 374 g/mol. The highest BCUT2D eigenvalue weighted by atomic mass is 16.2. The Balaban J connectivity index is 1.55. The van der Waals surface area contributed by atoms with Crippen molar-refractivity contribution in [1.82, 2.24) is 4.90 Å². The Morgan fingerprint density at radius 1 is 0.929 bits per heavy atom. The van der Waals surface area contributed by atoms with Gasteiger partial charge in [0.15, 0.2) is 0 Å². The van der Waals surface area contributed by atoms with Crippen molar-refractivity contribution in [3.8, 4) is 11.1 Å². The number of imide groups is 1. The summed E-state index contributed by atoms with van der Waals surface area (Å²) in [6.07, 6.45) is 5.02. The molecule has 4 rings (SSSR count).